The van der Waals surface area contributed by atoms with Gasteiger partial charge in [0.15, 0.2) is 0 Å². The summed E-state index contributed by atoms with van der Waals surface area (Å²) in [4.78, 5) is 1.84. The predicted molar refractivity (Wildman–Crippen MR) is 80.9 cm³/mol. The molecule has 10 heteroatoms. The Morgan fingerprint density at radius 3 is 2.10 bits per heavy atom. The van der Waals surface area contributed by atoms with E-state index < -0.39 is 20.0 Å². The molecular formula is C11H18N4O4S2. The molecule has 1 fully saturated rings. The van der Waals surface area contributed by atoms with E-state index in [0.29, 0.717) is 37.6 Å². The quantitative estimate of drug-likeness (QED) is 0.683. The van der Waals surface area contributed by atoms with Crippen molar-refractivity contribution in [3.05, 3.63) is 18.2 Å². The van der Waals surface area contributed by atoms with Gasteiger partial charge in [-0.3, -0.25) is 0 Å². The topological polar surface area (TPSA) is 127 Å². The minimum absolute atomic E-state index is 0.0164. The number of anilines is 2. The van der Waals surface area contributed by atoms with Crippen LogP contribution in [0.15, 0.2) is 23.1 Å². The van der Waals surface area contributed by atoms with Crippen LogP contribution >= 0.6 is 0 Å². The van der Waals surface area contributed by atoms with Crippen molar-refractivity contribution < 1.29 is 16.8 Å². The molecule has 0 radical (unpaired) electrons. The number of nitrogens with two attached hydrogens (primary N) is 2. The summed E-state index contributed by atoms with van der Waals surface area (Å²) in [6.07, 6.45) is 1.17. The van der Waals surface area contributed by atoms with Gasteiger partial charge in [-0.25, -0.2) is 22.0 Å². The zero-order valence-electron chi connectivity index (χ0n) is 11.6. The van der Waals surface area contributed by atoms with Crippen LogP contribution in [0.2, 0.25) is 0 Å². The molecule has 1 aliphatic rings. The molecule has 0 unspecified atom stereocenters. The van der Waals surface area contributed by atoms with E-state index in [1.54, 1.807) is 0 Å². The molecule has 0 aromatic heterocycles. The molecule has 1 aromatic carbocycles. The molecule has 0 aliphatic carbocycles. The fourth-order valence-corrected chi connectivity index (χ4v) is 3.60. The summed E-state index contributed by atoms with van der Waals surface area (Å²) in [5, 5.41) is 5.11. The van der Waals surface area contributed by atoms with Crippen LogP contribution in [0.5, 0.6) is 0 Å². The van der Waals surface area contributed by atoms with Gasteiger partial charge in [0, 0.05) is 26.2 Å². The molecule has 0 bridgehead atoms. The van der Waals surface area contributed by atoms with Crippen LogP contribution in [0.1, 0.15) is 0 Å². The summed E-state index contributed by atoms with van der Waals surface area (Å²) in [6, 6.07) is 4.25. The number of hydrogen-bond acceptors (Lipinski definition) is 6. The molecule has 0 saturated carbocycles. The van der Waals surface area contributed by atoms with Gasteiger partial charge in [-0.1, -0.05) is 0 Å². The van der Waals surface area contributed by atoms with Crippen LogP contribution in [0.4, 0.5) is 11.4 Å². The monoisotopic (exact) mass is 334 g/mol. The number of piperazine rings is 1. The highest BCUT2D eigenvalue weighted by atomic mass is 32.2. The van der Waals surface area contributed by atoms with Crippen molar-refractivity contribution in [3.8, 4) is 0 Å². The fraction of sp³-hybridized carbons (Fsp3) is 0.455. The summed E-state index contributed by atoms with van der Waals surface area (Å²) >= 11 is 0. The lowest BCUT2D eigenvalue weighted by molar-refractivity contribution is 0.388. The lowest BCUT2D eigenvalue weighted by atomic mass is 10.2. The number of primary sulfonamides is 1. The molecule has 21 heavy (non-hydrogen) atoms. The van der Waals surface area contributed by atoms with Gasteiger partial charge in [-0.05, 0) is 18.2 Å². The van der Waals surface area contributed by atoms with E-state index in [1.165, 1.54) is 28.8 Å². The van der Waals surface area contributed by atoms with Crippen molar-refractivity contribution in [1.82, 2.24) is 4.31 Å². The second-order valence-electron chi connectivity index (χ2n) is 4.91. The molecule has 1 aliphatic heterocycles. The Labute approximate surface area is 124 Å². The number of sulfonamides is 2. The third-order valence-corrected chi connectivity index (χ3v) is 5.59. The molecular weight excluding hydrogens is 316 g/mol. The van der Waals surface area contributed by atoms with Crippen molar-refractivity contribution in [3.63, 3.8) is 0 Å². The van der Waals surface area contributed by atoms with Gasteiger partial charge in [0.1, 0.15) is 0 Å². The Bertz CT molecular complexity index is 737. The molecule has 0 atom stereocenters. The molecule has 1 saturated heterocycles. The molecule has 118 valence electrons. The highest BCUT2D eigenvalue weighted by Gasteiger charge is 2.25. The second kappa shape index (κ2) is 5.44. The summed E-state index contributed by atoms with van der Waals surface area (Å²) in [7, 11) is -7.02. The van der Waals surface area contributed by atoms with Gasteiger partial charge >= 0.3 is 0 Å². The van der Waals surface area contributed by atoms with Gasteiger partial charge in [0.2, 0.25) is 20.0 Å². The van der Waals surface area contributed by atoms with E-state index in [1.807, 2.05) is 4.90 Å². The highest BCUT2D eigenvalue weighted by molar-refractivity contribution is 7.89. The first-order valence-electron chi connectivity index (χ1n) is 6.21. The summed E-state index contributed by atoms with van der Waals surface area (Å²) in [5.74, 6) is 0. The fourth-order valence-electron chi connectivity index (χ4n) is 2.23. The van der Waals surface area contributed by atoms with Crippen LogP contribution in [-0.4, -0.2) is 53.6 Å². The van der Waals surface area contributed by atoms with Crippen LogP contribution in [0, 0.1) is 0 Å². The molecule has 0 amide bonds. The molecule has 4 N–H and O–H groups in total. The summed E-state index contributed by atoms with van der Waals surface area (Å²) < 4.78 is 47.1. The Balaban J connectivity index is 2.25. The van der Waals surface area contributed by atoms with Gasteiger partial charge in [0.25, 0.3) is 0 Å². The Hall–Kier alpha value is -1.36. The van der Waals surface area contributed by atoms with E-state index in [4.69, 9.17) is 10.9 Å². The van der Waals surface area contributed by atoms with Crippen LogP contribution in [0.25, 0.3) is 0 Å². The van der Waals surface area contributed by atoms with Crippen LogP contribution < -0.4 is 15.8 Å². The number of nitrogen functional groups attached to an aromatic ring is 1. The van der Waals surface area contributed by atoms with E-state index in [2.05, 4.69) is 0 Å². The average molecular weight is 334 g/mol. The maximum absolute atomic E-state index is 11.5. The first-order valence-corrected chi connectivity index (χ1v) is 9.61. The normalized spacial score (nSPS) is 17.9. The van der Waals surface area contributed by atoms with Gasteiger partial charge in [0.05, 0.1) is 22.5 Å². The van der Waals surface area contributed by atoms with Crippen molar-refractivity contribution >= 4 is 31.4 Å². The number of hydrogen-bond donors (Lipinski definition) is 2. The Morgan fingerprint density at radius 1 is 1.05 bits per heavy atom. The van der Waals surface area contributed by atoms with Crippen molar-refractivity contribution in [2.45, 2.75) is 4.90 Å². The maximum Gasteiger partial charge on any atom is 0.238 e. The van der Waals surface area contributed by atoms with Gasteiger partial charge in [-0.15, -0.1) is 0 Å². The Kier molecular flexibility index (Phi) is 4.15. The van der Waals surface area contributed by atoms with Crippen molar-refractivity contribution in [2.75, 3.05) is 43.1 Å². The predicted octanol–water partition coefficient (Wildman–Crippen LogP) is -1.00. The first kappa shape index (κ1) is 16.0. The Morgan fingerprint density at radius 2 is 1.62 bits per heavy atom. The average Bonchev–Trinajstić information content (AvgIpc) is 2.37. The van der Waals surface area contributed by atoms with E-state index in [9.17, 15) is 16.8 Å². The van der Waals surface area contributed by atoms with Crippen LogP contribution in [0.3, 0.4) is 0 Å². The smallest absolute Gasteiger partial charge is 0.238 e. The summed E-state index contributed by atoms with van der Waals surface area (Å²) in [5.41, 5.74) is 6.85. The zero-order chi connectivity index (χ0) is 15.8. The van der Waals surface area contributed by atoms with Crippen molar-refractivity contribution in [2.24, 2.45) is 5.14 Å². The third kappa shape index (κ3) is 3.64. The summed E-state index contributed by atoms with van der Waals surface area (Å²) in [6.45, 7) is 1.53. The second-order valence-corrected chi connectivity index (χ2v) is 8.46. The lowest BCUT2D eigenvalue weighted by Gasteiger charge is -2.35. The molecule has 8 nitrogen and oxygen atoms in total. The molecule has 0 spiro atoms. The number of rotatable bonds is 3. The standard InChI is InChI=1S/C11H18N4O4S2/c1-20(16,17)15-6-4-14(5-7-15)11-8-9(21(13,18)19)2-3-10(11)12/h2-3,8H,4-7,12H2,1H3,(H2,13,18,19). The van der Waals surface area contributed by atoms with Crippen LogP contribution in [-0.2, 0) is 20.0 Å². The molecule has 1 aromatic rings. The third-order valence-electron chi connectivity index (χ3n) is 3.38. The highest BCUT2D eigenvalue weighted by Crippen LogP contribution is 2.27. The number of nitrogens with zero attached hydrogens (tertiary/aromatic N) is 2. The number of benzene rings is 1. The van der Waals surface area contributed by atoms with E-state index >= 15 is 0 Å². The van der Waals surface area contributed by atoms with E-state index in [-0.39, 0.29) is 4.90 Å². The minimum atomic E-state index is -3.80. The minimum Gasteiger partial charge on any atom is -0.397 e. The zero-order valence-corrected chi connectivity index (χ0v) is 13.2. The molecule has 2 rings (SSSR count). The van der Waals surface area contributed by atoms with E-state index in [0.717, 1.165) is 0 Å². The molecule has 1 heterocycles. The van der Waals surface area contributed by atoms with Gasteiger partial charge in [-0.2, -0.15) is 4.31 Å². The van der Waals surface area contributed by atoms with Gasteiger partial charge < -0.3 is 10.6 Å². The SMILES string of the molecule is CS(=O)(=O)N1CCN(c2cc(S(N)(=O)=O)ccc2N)CC1. The first-order chi connectivity index (χ1) is 9.59. The lowest BCUT2D eigenvalue weighted by Crippen LogP contribution is -2.48. The van der Waals surface area contributed by atoms with Crippen molar-refractivity contribution in [1.29, 1.82) is 0 Å². The maximum atomic E-state index is 11.5. The largest absolute Gasteiger partial charge is 0.397 e.